The first-order valence-corrected chi connectivity index (χ1v) is 6.64. The van der Waals surface area contributed by atoms with Gasteiger partial charge in [0.2, 0.25) is 0 Å². The lowest BCUT2D eigenvalue weighted by Crippen LogP contribution is -2.45. The lowest BCUT2D eigenvalue weighted by atomic mass is 9.95. The fourth-order valence-corrected chi connectivity index (χ4v) is 2.10. The van der Waals surface area contributed by atoms with Crippen LogP contribution in [-0.2, 0) is 9.53 Å². The van der Waals surface area contributed by atoms with Gasteiger partial charge in [-0.2, -0.15) is 0 Å². The van der Waals surface area contributed by atoms with Crippen molar-refractivity contribution in [2.45, 2.75) is 52.5 Å². The van der Waals surface area contributed by atoms with E-state index in [0.29, 0.717) is 11.8 Å². The van der Waals surface area contributed by atoms with Crippen LogP contribution >= 0.6 is 0 Å². The van der Waals surface area contributed by atoms with Gasteiger partial charge in [-0.05, 0) is 45.2 Å². The molecule has 1 unspecified atom stereocenters. The van der Waals surface area contributed by atoms with E-state index in [4.69, 9.17) is 5.73 Å². The minimum absolute atomic E-state index is 0.323. The number of ether oxygens (including phenoxy) is 1. The molecular weight excluding hydrogens is 228 g/mol. The molecule has 0 aliphatic carbocycles. The van der Waals surface area contributed by atoms with Gasteiger partial charge in [0, 0.05) is 6.54 Å². The van der Waals surface area contributed by atoms with Crippen molar-refractivity contribution in [1.82, 2.24) is 4.90 Å². The summed E-state index contributed by atoms with van der Waals surface area (Å²) in [5.74, 6) is -0.328. The highest BCUT2D eigenvalue weighted by Crippen LogP contribution is 2.16. The molecule has 0 radical (unpaired) electrons. The number of hydrogen-bond acceptors (Lipinski definition) is 4. The van der Waals surface area contributed by atoms with Gasteiger partial charge in [0.05, 0.1) is 7.11 Å². The van der Waals surface area contributed by atoms with Gasteiger partial charge in [-0.3, -0.25) is 4.79 Å². The molecule has 0 saturated carbocycles. The van der Waals surface area contributed by atoms with Crippen molar-refractivity contribution in [3.05, 3.63) is 0 Å². The Bertz CT molecular complexity index is 257. The van der Waals surface area contributed by atoms with E-state index in [1.54, 1.807) is 6.92 Å². The van der Waals surface area contributed by atoms with Gasteiger partial charge in [-0.25, -0.2) is 0 Å². The van der Waals surface area contributed by atoms with Crippen molar-refractivity contribution >= 4 is 5.97 Å². The second-order valence-electron chi connectivity index (χ2n) is 6.66. The zero-order valence-electron chi connectivity index (χ0n) is 12.9. The maximum absolute atomic E-state index is 11.4. The zero-order chi connectivity index (χ0) is 14.4. The van der Waals surface area contributed by atoms with E-state index in [2.05, 4.69) is 37.5 Å². The van der Waals surface area contributed by atoms with Crippen LogP contribution in [-0.4, -0.2) is 43.7 Å². The number of nitrogens with zero attached hydrogens (tertiary/aromatic N) is 1. The van der Waals surface area contributed by atoms with Gasteiger partial charge in [0.15, 0.2) is 0 Å². The molecule has 108 valence electrons. The maximum Gasteiger partial charge on any atom is 0.325 e. The molecule has 0 rings (SSSR count). The molecule has 18 heavy (non-hydrogen) atoms. The van der Waals surface area contributed by atoms with E-state index in [1.807, 2.05) is 0 Å². The van der Waals surface area contributed by atoms with Gasteiger partial charge in [0.25, 0.3) is 0 Å². The number of nitrogens with two attached hydrogens (primary N) is 1. The fraction of sp³-hybridized carbons (Fsp3) is 0.929. The first kappa shape index (κ1) is 17.4. The van der Waals surface area contributed by atoms with Gasteiger partial charge < -0.3 is 15.4 Å². The third kappa shape index (κ3) is 7.67. The first-order chi connectivity index (χ1) is 8.08. The van der Waals surface area contributed by atoms with E-state index in [-0.39, 0.29) is 5.97 Å². The first-order valence-electron chi connectivity index (χ1n) is 6.64. The predicted molar refractivity (Wildman–Crippen MR) is 75.4 cm³/mol. The molecule has 0 aliphatic heterocycles. The van der Waals surface area contributed by atoms with E-state index in [1.165, 1.54) is 7.11 Å². The number of carbonyl (C=O) groups is 1. The number of unbranched alkanes of at least 4 members (excludes halogenated alkanes) is 1. The molecule has 0 aromatic rings. The number of hydrogen-bond donors (Lipinski definition) is 1. The summed E-state index contributed by atoms with van der Waals surface area (Å²) in [5, 5.41) is 0. The lowest BCUT2D eigenvalue weighted by molar-refractivity contribution is -0.146. The third-order valence-electron chi connectivity index (χ3n) is 2.88. The molecule has 0 spiro atoms. The molecule has 0 fully saturated rings. The van der Waals surface area contributed by atoms with Crippen molar-refractivity contribution in [1.29, 1.82) is 0 Å². The van der Waals surface area contributed by atoms with Gasteiger partial charge in [-0.1, -0.05) is 20.8 Å². The van der Waals surface area contributed by atoms with Gasteiger partial charge >= 0.3 is 5.97 Å². The van der Waals surface area contributed by atoms with E-state index in [0.717, 1.165) is 25.9 Å². The average molecular weight is 258 g/mol. The Morgan fingerprint density at radius 3 is 2.22 bits per heavy atom. The molecule has 0 aromatic carbocycles. The average Bonchev–Trinajstić information content (AvgIpc) is 2.20. The van der Waals surface area contributed by atoms with E-state index in [9.17, 15) is 4.79 Å². The van der Waals surface area contributed by atoms with Crippen LogP contribution in [0.5, 0.6) is 0 Å². The minimum atomic E-state index is -0.850. The fourth-order valence-electron chi connectivity index (χ4n) is 2.10. The number of rotatable bonds is 7. The van der Waals surface area contributed by atoms with Crippen molar-refractivity contribution in [3.63, 3.8) is 0 Å². The third-order valence-corrected chi connectivity index (χ3v) is 2.88. The van der Waals surface area contributed by atoms with Crippen LogP contribution in [0.1, 0.15) is 47.0 Å². The van der Waals surface area contributed by atoms with Crippen LogP contribution in [0.3, 0.4) is 0 Å². The molecule has 0 saturated heterocycles. The summed E-state index contributed by atoms with van der Waals surface area (Å²) < 4.78 is 4.68. The predicted octanol–water partition coefficient (Wildman–Crippen LogP) is 2.02. The maximum atomic E-state index is 11.4. The Balaban J connectivity index is 3.83. The molecule has 0 heterocycles. The van der Waals surface area contributed by atoms with Crippen LogP contribution in [0.15, 0.2) is 0 Å². The van der Waals surface area contributed by atoms with Gasteiger partial charge in [0.1, 0.15) is 5.54 Å². The largest absolute Gasteiger partial charge is 0.468 e. The highest BCUT2D eigenvalue weighted by Gasteiger charge is 2.28. The normalized spacial score (nSPS) is 15.6. The second-order valence-corrected chi connectivity index (χ2v) is 6.66. The summed E-state index contributed by atoms with van der Waals surface area (Å²) in [7, 11) is 3.51. The summed E-state index contributed by atoms with van der Waals surface area (Å²) in [5.41, 5.74) is 5.37. The molecular formula is C14H30N2O2. The summed E-state index contributed by atoms with van der Waals surface area (Å²) in [6, 6.07) is 0. The molecule has 4 heteroatoms. The van der Waals surface area contributed by atoms with Crippen LogP contribution < -0.4 is 5.73 Å². The molecule has 2 N–H and O–H groups in total. The zero-order valence-corrected chi connectivity index (χ0v) is 12.9. The van der Waals surface area contributed by atoms with Crippen LogP contribution in [0.4, 0.5) is 0 Å². The second kappa shape index (κ2) is 7.10. The van der Waals surface area contributed by atoms with Crippen LogP contribution in [0.25, 0.3) is 0 Å². The molecule has 0 aromatic heterocycles. The minimum Gasteiger partial charge on any atom is -0.468 e. The van der Waals surface area contributed by atoms with Crippen molar-refractivity contribution < 1.29 is 9.53 Å². The van der Waals surface area contributed by atoms with E-state index < -0.39 is 5.54 Å². The quantitative estimate of drug-likeness (QED) is 0.561. The molecule has 4 nitrogen and oxygen atoms in total. The smallest absolute Gasteiger partial charge is 0.325 e. The highest BCUT2D eigenvalue weighted by molar-refractivity contribution is 5.79. The Hall–Kier alpha value is -0.610. The summed E-state index contributed by atoms with van der Waals surface area (Å²) in [6.45, 7) is 10.5. The molecule has 0 amide bonds. The number of carbonyl (C=O) groups excluding carboxylic acids is 1. The van der Waals surface area contributed by atoms with E-state index >= 15 is 0 Å². The topological polar surface area (TPSA) is 55.6 Å². The standard InChI is InChI=1S/C14H30N2O2/c1-13(2,3)11-16(5)10-8-7-9-14(4,15)12(17)18-6/h7-11,15H2,1-6H3. The summed E-state index contributed by atoms with van der Waals surface area (Å²) in [6.07, 6.45) is 2.66. The summed E-state index contributed by atoms with van der Waals surface area (Å²) in [4.78, 5) is 13.7. The molecule has 1 atom stereocenters. The number of esters is 1. The lowest BCUT2D eigenvalue weighted by Gasteiger charge is -2.27. The highest BCUT2D eigenvalue weighted by atomic mass is 16.5. The van der Waals surface area contributed by atoms with Crippen LogP contribution in [0, 0.1) is 5.41 Å². The molecule has 0 bridgehead atoms. The number of methoxy groups -OCH3 is 1. The van der Waals surface area contributed by atoms with Crippen molar-refractivity contribution in [2.75, 3.05) is 27.2 Å². The molecule has 0 aliphatic rings. The van der Waals surface area contributed by atoms with Crippen molar-refractivity contribution in [3.8, 4) is 0 Å². The van der Waals surface area contributed by atoms with Crippen LogP contribution in [0.2, 0.25) is 0 Å². The monoisotopic (exact) mass is 258 g/mol. The van der Waals surface area contributed by atoms with Gasteiger partial charge in [-0.15, -0.1) is 0 Å². The Kier molecular flexibility index (Phi) is 6.86. The Morgan fingerprint density at radius 1 is 1.22 bits per heavy atom. The van der Waals surface area contributed by atoms with Crippen molar-refractivity contribution in [2.24, 2.45) is 11.1 Å². The SMILES string of the molecule is COC(=O)C(C)(N)CCCCN(C)CC(C)(C)C. The Labute approximate surface area is 112 Å². The summed E-state index contributed by atoms with van der Waals surface area (Å²) >= 11 is 0. The Morgan fingerprint density at radius 2 is 1.78 bits per heavy atom.